The highest BCUT2D eigenvalue weighted by Gasteiger charge is 2.36. The van der Waals surface area contributed by atoms with Gasteiger partial charge in [-0.2, -0.15) is 0 Å². The second-order valence-electron chi connectivity index (χ2n) is 5.21. The quantitative estimate of drug-likeness (QED) is 0.676. The molecule has 1 atom stereocenters. The Morgan fingerprint density at radius 2 is 2.08 bits per heavy atom. The average Bonchev–Trinajstić information content (AvgIpc) is 3.35. The monoisotopic (exact) mass is 374 g/mol. The zero-order valence-corrected chi connectivity index (χ0v) is 15.1. The molecule has 128 valence electrons. The fourth-order valence-electron chi connectivity index (χ4n) is 2.70. The molecule has 3 aromatic rings. The number of thiophene rings is 1. The molecule has 4 rings (SSSR count). The number of cyclic esters (lactones) is 1. The van der Waals surface area contributed by atoms with E-state index >= 15 is 0 Å². The van der Waals surface area contributed by atoms with Gasteiger partial charge in [0.05, 0.1) is 24.8 Å². The van der Waals surface area contributed by atoms with Crippen LogP contribution in [0, 0.1) is 0 Å². The largest absolute Gasteiger partial charge is 0.493 e. The summed E-state index contributed by atoms with van der Waals surface area (Å²) in [6.07, 6.45) is -0.607. The zero-order valence-electron chi connectivity index (χ0n) is 13.4. The normalized spacial score (nSPS) is 15.6. The molecule has 0 aliphatic carbocycles. The maximum absolute atomic E-state index is 12.3. The van der Waals surface area contributed by atoms with E-state index in [0.717, 1.165) is 10.6 Å². The number of hydrogen-bond donors (Lipinski definition) is 1. The van der Waals surface area contributed by atoms with Crippen LogP contribution in [0.15, 0.2) is 35.0 Å². The van der Waals surface area contributed by atoms with E-state index in [1.165, 1.54) is 25.6 Å². The van der Waals surface area contributed by atoms with Gasteiger partial charge in [-0.15, -0.1) is 22.7 Å². The Kier molecular flexibility index (Phi) is 4.06. The molecular weight excluding hydrogens is 360 g/mol. The Bertz CT molecular complexity index is 921. The van der Waals surface area contributed by atoms with E-state index in [4.69, 9.17) is 14.2 Å². The SMILES string of the molecule is COc1ccc2c(c1OC)C(=O)O[C@H]2Nc1nc(-c2cccs2)cs1. The standard InChI is InChI=1S/C17H14N2O4S2/c1-21-11-6-5-9-13(14(11)22-2)16(20)23-15(9)19-17-18-10(8-25-17)12-4-3-7-24-12/h3-8,15H,1-2H3,(H,18,19)/t15-/m1/s1. The molecule has 0 unspecified atom stereocenters. The first-order valence-corrected chi connectivity index (χ1v) is 9.19. The van der Waals surface area contributed by atoms with Crippen molar-refractivity contribution in [3.63, 3.8) is 0 Å². The van der Waals surface area contributed by atoms with Crippen molar-refractivity contribution in [1.82, 2.24) is 4.98 Å². The molecule has 1 aliphatic rings. The van der Waals surface area contributed by atoms with Gasteiger partial charge in [0.2, 0.25) is 6.23 Å². The number of thiazole rings is 1. The molecule has 0 spiro atoms. The van der Waals surface area contributed by atoms with Crippen LogP contribution in [-0.2, 0) is 4.74 Å². The van der Waals surface area contributed by atoms with Gasteiger partial charge in [0, 0.05) is 10.9 Å². The zero-order chi connectivity index (χ0) is 17.4. The van der Waals surface area contributed by atoms with E-state index in [1.807, 2.05) is 22.9 Å². The summed E-state index contributed by atoms with van der Waals surface area (Å²) >= 11 is 3.10. The van der Waals surface area contributed by atoms with Crippen molar-refractivity contribution in [2.45, 2.75) is 6.23 Å². The van der Waals surface area contributed by atoms with E-state index < -0.39 is 12.2 Å². The molecular formula is C17H14N2O4S2. The van der Waals surface area contributed by atoms with Crippen LogP contribution in [0.1, 0.15) is 22.1 Å². The van der Waals surface area contributed by atoms with Gasteiger partial charge in [-0.05, 0) is 23.6 Å². The van der Waals surface area contributed by atoms with Crippen LogP contribution in [0.3, 0.4) is 0 Å². The van der Waals surface area contributed by atoms with E-state index in [1.54, 1.807) is 23.5 Å². The van der Waals surface area contributed by atoms with Crippen molar-refractivity contribution in [2.75, 3.05) is 19.5 Å². The predicted molar refractivity (Wildman–Crippen MR) is 96.8 cm³/mol. The third-order valence-corrected chi connectivity index (χ3v) is 5.49. The molecule has 6 nitrogen and oxygen atoms in total. The summed E-state index contributed by atoms with van der Waals surface area (Å²) in [5.74, 6) is 0.430. The topological polar surface area (TPSA) is 69.7 Å². The van der Waals surface area contributed by atoms with Gasteiger partial charge < -0.3 is 19.5 Å². The number of nitrogens with zero attached hydrogens (tertiary/aromatic N) is 1. The minimum absolute atomic E-state index is 0.382. The number of nitrogens with one attached hydrogen (secondary N) is 1. The van der Waals surface area contributed by atoms with Crippen LogP contribution in [0.2, 0.25) is 0 Å². The molecule has 1 aliphatic heterocycles. The van der Waals surface area contributed by atoms with Gasteiger partial charge in [-0.25, -0.2) is 9.78 Å². The van der Waals surface area contributed by atoms with Crippen molar-refractivity contribution in [1.29, 1.82) is 0 Å². The summed E-state index contributed by atoms with van der Waals surface area (Å²) < 4.78 is 16.0. The number of aromatic nitrogens is 1. The van der Waals surface area contributed by atoms with Crippen LogP contribution >= 0.6 is 22.7 Å². The van der Waals surface area contributed by atoms with Gasteiger partial charge in [0.25, 0.3) is 0 Å². The maximum atomic E-state index is 12.3. The highest BCUT2D eigenvalue weighted by atomic mass is 32.1. The molecule has 0 saturated heterocycles. The van der Waals surface area contributed by atoms with Crippen LogP contribution in [0.4, 0.5) is 5.13 Å². The lowest BCUT2D eigenvalue weighted by Crippen LogP contribution is -2.09. The highest BCUT2D eigenvalue weighted by molar-refractivity contribution is 7.15. The Balaban J connectivity index is 1.63. The van der Waals surface area contributed by atoms with Gasteiger partial charge in [0.1, 0.15) is 5.56 Å². The van der Waals surface area contributed by atoms with Crippen LogP contribution in [0.25, 0.3) is 10.6 Å². The fraction of sp³-hybridized carbons (Fsp3) is 0.176. The first-order valence-electron chi connectivity index (χ1n) is 7.43. The molecule has 25 heavy (non-hydrogen) atoms. The summed E-state index contributed by atoms with van der Waals surface area (Å²) in [4.78, 5) is 18.0. The molecule has 1 aromatic carbocycles. The maximum Gasteiger partial charge on any atom is 0.344 e. The third kappa shape index (κ3) is 2.73. The Morgan fingerprint density at radius 1 is 1.20 bits per heavy atom. The molecule has 3 heterocycles. The lowest BCUT2D eigenvalue weighted by atomic mass is 10.1. The second-order valence-corrected chi connectivity index (χ2v) is 7.02. The first kappa shape index (κ1) is 15.9. The van der Waals surface area contributed by atoms with Crippen molar-refractivity contribution in [3.05, 3.63) is 46.2 Å². The number of anilines is 1. The molecule has 0 amide bonds. The number of methoxy groups -OCH3 is 2. The molecule has 0 fully saturated rings. The van der Waals surface area contributed by atoms with Gasteiger partial charge >= 0.3 is 5.97 Å². The Labute approximate surface area is 152 Å². The molecule has 0 saturated carbocycles. The third-order valence-electron chi connectivity index (χ3n) is 3.82. The van der Waals surface area contributed by atoms with Crippen molar-refractivity contribution < 1.29 is 19.0 Å². The molecule has 0 bridgehead atoms. The number of carbonyl (C=O) groups excluding carboxylic acids is 1. The first-order chi connectivity index (χ1) is 12.2. The van der Waals surface area contributed by atoms with Crippen LogP contribution < -0.4 is 14.8 Å². The van der Waals surface area contributed by atoms with Crippen LogP contribution in [-0.4, -0.2) is 25.2 Å². The summed E-state index contributed by atoms with van der Waals surface area (Å²) in [7, 11) is 3.03. The molecule has 1 N–H and O–H groups in total. The predicted octanol–water partition coefficient (Wildman–Crippen LogP) is 4.17. The minimum atomic E-state index is -0.607. The number of hydrogen-bond acceptors (Lipinski definition) is 8. The van der Waals surface area contributed by atoms with E-state index in [2.05, 4.69) is 10.3 Å². The number of ether oxygens (including phenoxy) is 3. The summed E-state index contributed by atoms with van der Waals surface area (Å²) in [5, 5.41) is 7.84. The van der Waals surface area contributed by atoms with Crippen molar-refractivity contribution in [2.24, 2.45) is 0 Å². The summed E-state index contributed by atoms with van der Waals surface area (Å²) in [5.41, 5.74) is 1.99. The number of benzene rings is 1. The molecule has 2 aromatic heterocycles. The number of esters is 1. The number of rotatable bonds is 5. The van der Waals surface area contributed by atoms with Crippen molar-refractivity contribution in [3.8, 4) is 22.1 Å². The van der Waals surface area contributed by atoms with E-state index in [9.17, 15) is 4.79 Å². The lowest BCUT2D eigenvalue weighted by molar-refractivity contribution is 0.0435. The Morgan fingerprint density at radius 3 is 2.80 bits per heavy atom. The highest BCUT2D eigenvalue weighted by Crippen LogP contribution is 2.42. The van der Waals surface area contributed by atoms with Gasteiger partial charge in [0.15, 0.2) is 16.6 Å². The lowest BCUT2D eigenvalue weighted by Gasteiger charge is -2.13. The van der Waals surface area contributed by atoms with Gasteiger partial charge in [-0.3, -0.25) is 0 Å². The number of fused-ring (bicyclic) bond motifs is 1. The minimum Gasteiger partial charge on any atom is -0.493 e. The van der Waals surface area contributed by atoms with E-state index in [0.29, 0.717) is 27.8 Å². The van der Waals surface area contributed by atoms with Crippen molar-refractivity contribution >= 4 is 33.8 Å². The number of carbonyl (C=O) groups is 1. The van der Waals surface area contributed by atoms with E-state index in [-0.39, 0.29) is 0 Å². The molecule has 8 heteroatoms. The fourth-order valence-corrected chi connectivity index (χ4v) is 4.19. The molecule has 0 radical (unpaired) electrons. The van der Waals surface area contributed by atoms with Crippen LogP contribution in [0.5, 0.6) is 11.5 Å². The smallest absolute Gasteiger partial charge is 0.344 e. The Hall–Kier alpha value is -2.58. The second kappa shape index (κ2) is 6.38. The summed E-state index contributed by atoms with van der Waals surface area (Å²) in [6.45, 7) is 0. The van der Waals surface area contributed by atoms with Gasteiger partial charge in [-0.1, -0.05) is 6.07 Å². The summed E-state index contributed by atoms with van der Waals surface area (Å²) in [6, 6.07) is 7.56. The average molecular weight is 374 g/mol.